The maximum absolute atomic E-state index is 12.3. The number of sulfonamides is 1. The molecule has 0 saturated carbocycles. The Bertz CT molecular complexity index is 673. The summed E-state index contributed by atoms with van der Waals surface area (Å²) in [6, 6.07) is 6.89. The van der Waals surface area contributed by atoms with Gasteiger partial charge in [-0.15, -0.1) is 24.0 Å². The lowest BCUT2D eigenvalue weighted by atomic mass is 10.2. The third kappa shape index (κ3) is 6.08. The molecule has 1 atom stereocenters. The van der Waals surface area contributed by atoms with E-state index >= 15 is 0 Å². The summed E-state index contributed by atoms with van der Waals surface area (Å²) in [6.07, 6.45) is 2.95. The Morgan fingerprint density at radius 1 is 1.24 bits per heavy atom. The Morgan fingerprint density at radius 2 is 2.04 bits per heavy atom. The Hall–Kier alpha value is -0.910. The summed E-state index contributed by atoms with van der Waals surface area (Å²) in [5.41, 5.74) is 1.00. The number of nitrogens with one attached hydrogen (secondary N) is 3. The first kappa shape index (κ1) is 20.4. The van der Waals surface area contributed by atoms with E-state index < -0.39 is 10.0 Å². The van der Waals surface area contributed by atoms with Crippen LogP contribution in [0.1, 0.15) is 24.8 Å². The maximum Gasteiger partial charge on any atom is 0.240 e. The van der Waals surface area contributed by atoms with Gasteiger partial charge in [-0.2, -0.15) is 0 Å². The lowest BCUT2D eigenvalue weighted by molar-refractivity contribution is 0.114. The molecule has 3 N–H and O–H groups in total. The lowest BCUT2D eigenvalue weighted by Crippen LogP contribution is -2.40. The van der Waals surface area contributed by atoms with Gasteiger partial charge in [-0.1, -0.05) is 12.1 Å². The average Bonchev–Trinajstić information content (AvgIpc) is 3.13. The van der Waals surface area contributed by atoms with Crippen molar-refractivity contribution in [2.75, 3.05) is 26.2 Å². The largest absolute Gasteiger partial charge is 0.377 e. The molecule has 1 fully saturated rings. The van der Waals surface area contributed by atoms with Crippen molar-refractivity contribution in [2.45, 2.75) is 36.8 Å². The van der Waals surface area contributed by atoms with Crippen LogP contribution < -0.4 is 15.4 Å². The van der Waals surface area contributed by atoms with Crippen molar-refractivity contribution < 1.29 is 13.2 Å². The van der Waals surface area contributed by atoms with E-state index in [1.165, 1.54) is 0 Å². The van der Waals surface area contributed by atoms with Crippen LogP contribution in [0.4, 0.5) is 0 Å². The summed E-state index contributed by atoms with van der Waals surface area (Å²) >= 11 is 0. The Morgan fingerprint density at radius 3 is 2.68 bits per heavy atom. The molecule has 2 aliphatic heterocycles. The monoisotopic (exact) mass is 480 g/mol. The van der Waals surface area contributed by atoms with E-state index in [-0.39, 0.29) is 35.0 Å². The zero-order chi connectivity index (χ0) is 16.8. The minimum atomic E-state index is -3.49. The molecule has 1 aromatic rings. The van der Waals surface area contributed by atoms with Gasteiger partial charge >= 0.3 is 0 Å². The van der Waals surface area contributed by atoms with Crippen molar-refractivity contribution in [3.8, 4) is 0 Å². The van der Waals surface area contributed by atoms with Crippen LogP contribution in [0, 0.1) is 0 Å². The molecule has 0 aliphatic carbocycles. The lowest BCUT2D eigenvalue weighted by Gasteiger charge is -2.16. The molecule has 25 heavy (non-hydrogen) atoms. The van der Waals surface area contributed by atoms with Gasteiger partial charge in [-0.3, -0.25) is 4.99 Å². The van der Waals surface area contributed by atoms with E-state index in [4.69, 9.17) is 4.74 Å². The molecule has 0 bridgehead atoms. The van der Waals surface area contributed by atoms with Crippen LogP contribution in [-0.2, 0) is 21.3 Å². The second-order valence-electron chi connectivity index (χ2n) is 6.00. The zero-order valence-corrected chi connectivity index (χ0v) is 17.2. The molecule has 7 nitrogen and oxygen atoms in total. The molecule has 0 radical (unpaired) electrons. The third-order valence-electron chi connectivity index (χ3n) is 4.12. The van der Waals surface area contributed by atoms with E-state index in [2.05, 4.69) is 20.3 Å². The fourth-order valence-electron chi connectivity index (χ4n) is 2.71. The maximum atomic E-state index is 12.3. The van der Waals surface area contributed by atoms with Gasteiger partial charge in [0.1, 0.15) is 0 Å². The van der Waals surface area contributed by atoms with Crippen molar-refractivity contribution in [3.63, 3.8) is 0 Å². The summed E-state index contributed by atoms with van der Waals surface area (Å²) in [5, 5.41) is 6.41. The molecule has 0 aromatic heterocycles. The minimum Gasteiger partial charge on any atom is -0.377 e. The first-order chi connectivity index (χ1) is 11.6. The highest BCUT2D eigenvalue weighted by atomic mass is 127. The van der Waals surface area contributed by atoms with Crippen LogP contribution in [0.25, 0.3) is 0 Å². The smallest absolute Gasteiger partial charge is 0.240 e. The summed E-state index contributed by atoms with van der Waals surface area (Å²) in [5.74, 6) is 0.802. The van der Waals surface area contributed by atoms with Crippen LogP contribution in [0.15, 0.2) is 34.2 Å². The Balaban J connectivity index is 0.00000225. The number of rotatable bonds is 6. The summed E-state index contributed by atoms with van der Waals surface area (Å²) < 4.78 is 32.7. The molecular formula is C16H25IN4O3S. The second kappa shape index (κ2) is 9.70. The zero-order valence-electron chi connectivity index (χ0n) is 14.0. The topological polar surface area (TPSA) is 91.8 Å². The quantitative estimate of drug-likeness (QED) is 0.533. The van der Waals surface area contributed by atoms with Gasteiger partial charge in [0.15, 0.2) is 5.96 Å². The number of guanidine groups is 1. The van der Waals surface area contributed by atoms with E-state index in [0.717, 1.165) is 43.9 Å². The van der Waals surface area contributed by atoms with Crippen LogP contribution >= 0.6 is 24.0 Å². The van der Waals surface area contributed by atoms with Crippen LogP contribution in [0.5, 0.6) is 0 Å². The van der Waals surface area contributed by atoms with Crippen LogP contribution in [0.2, 0.25) is 0 Å². The average molecular weight is 480 g/mol. The van der Waals surface area contributed by atoms with Crippen molar-refractivity contribution in [1.29, 1.82) is 0 Å². The van der Waals surface area contributed by atoms with Crippen molar-refractivity contribution >= 4 is 40.0 Å². The molecule has 1 unspecified atom stereocenters. The third-order valence-corrected chi connectivity index (χ3v) is 5.56. The van der Waals surface area contributed by atoms with E-state index in [0.29, 0.717) is 19.7 Å². The van der Waals surface area contributed by atoms with E-state index in [9.17, 15) is 8.42 Å². The van der Waals surface area contributed by atoms with Gasteiger partial charge in [0.05, 0.1) is 11.0 Å². The van der Waals surface area contributed by atoms with Crippen LogP contribution in [-0.4, -0.2) is 46.7 Å². The van der Waals surface area contributed by atoms with Crippen molar-refractivity contribution in [1.82, 2.24) is 15.4 Å². The number of ether oxygens (including phenoxy) is 1. The highest BCUT2D eigenvalue weighted by Gasteiger charge is 2.20. The fourth-order valence-corrected chi connectivity index (χ4v) is 3.78. The van der Waals surface area contributed by atoms with Gasteiger partial charge < -0.3 is 15.4 Å². The van der Waals surface area contributed by atoms with E-state index in [1.54, 1.807) is 12.1 Å². The van der Waals surface area contributed by atoms with Gasteiger partial charge in [-0.25, -0.2) is 13.1 Å². The van der Waals surface area contributed by atoms with Gasteiger partial charge in [0.25, 0.3) is 0 Å². The normalized spacial score (nSPS) is 20.3. The Labute approximate surface area is 166 Å². The Kier molecular flexibility index (Phi) is 7.91. The number of halogens is 1. The molecule has 0 amide bonds. The summed E-state index contributed by atoms with van der Waals surface area (Å²) in [6.45, 7) is 3.42. The van der Waals surface area contributed by atoms with E-state index in [1.807, 2.05) is 12.1 Å². The number of hydrogen-bond acceptors (Lipinski definition) is 6. The molecule has 140 valence electrons. The van der Waals surface area contributed by atoms with Crippen molar-refractivity contribution in [3.05, 3.63) is 29.8 Å². The standard InChI is InChI=1S/C16H24N4O3S.HI/c21-24(22,20-12-14-3-1-10-23-14)15-6-4-13(5-7-15)11-19-16-17-8-2-9-18-16;/h4-7,14,20H,1-3,8-12H2,(H2,17,18,19);1H. The second-order valence-corrected chi connectivity index (χ2v) is 7.76. The SMILES string of the molecule is I.O=S(=O)(NCC1CCCO1)c1ccc(CNC2=NCCCN2)cc1. The highest BCUT2D eigenvalue weighted by Crippen LogP contribution is 2.14. The molecule has 2 aliphatic rings. The summed E-state index contributed by atoms with van der Waals surface area (Å²) in [4.78, 5) is 4.62. The minimum absolute atomic E-state index is 0. The molecule has 2 heterocycles. The number of aliphatic imine (C=N–C) groups is 1. The van der Waals surface area contributed by atoms with Crippen LogP contribution in [0.3, 0.4) is 0 Å². The summed E-state index contributed by atoms with van der Waals surface area (Å²) in [7, 11) is -3.49. The number of hydrogen-bond donors (Lipinski definition) is 3. The highest BCUT2D eigenvalue weighted by molar-refractivity contribution is 14.0. The van der Waals surface area contributed by atoms with Crippen molar-refractivity contribution in [2.24, 2.45) is 4.99 Å². The predicted molar refractivity (Wildman–Crippen MR) is 108 cm³/mol. The molecule has 1 aromatic carbocycles. The molecule has 0 spiro atoms. The first-order valence-electron chi connectivity index (χ1n) is 8.36. The fraction of sp³-hybridized carbons (Fsp3) is 0.562. The molecule has 3 rings (SSSR count). The van der Waals surface area contributed by atoms with Gasteiger partial charge in [0.2, 0.25) is 10.0 Å². The molecular weight excluding hydrogens is 455 g/mol. The van der Waals surface area contributed by atoms with Gasteiger partial charge in [-0.05, 0) is 37.0 Å². The van der Waals surface area contributed by atoms with Gasteiger partial charge in [0, 0.05) is 32.8 Å². The first-order valence-corrected chi connectivity index (χ1v) is 9.84. The molecule has 9 heteroatoms. The number of nitrogens with zero attached hydrogens (tertiary/aromatic N) is 1. The number of benzene rings is 1. The molecule has 1 saturated heterocycles. The predicted octanol–water partition coefficient (Wildman–Crippen LogP) is 1.20.